The van der Waals surface area contributed by atoms with Crippen molar-refractivity contribution < 1.29 is 27.9 Å². The van der Waals surface area contributed by atoms with Crippen molar-refractivity contribution in [1.29, 1.82) is 0 Å². The number of hydrogen-bond acceptors (Lipinski definition) is 8. The molecule has 0 radical (unpaired) electrons. The summed E-state index contributed by atoms with van der Waals surface area (Å²) in [6.45, 7) is 5.33. The Kier molecular flexibility index (Phi) is 8.18. The van der Waals surface area contributed by atoms with E-state index in [1.165, 1.54) is 32.1 Å². The summed E-state index contributed by atoms with van der Waals surface area (Å²) in [7, 11) is -3.89. The van der Waals surface area contributed by atoms with Crippen LogP contribution in [0.25, 0.3) is 0 Å². The number of sulfonamides is 1. The lowest BCUT2D eigenvalue weighted by Crippen LogP contribution is -2.36. The highest BCUT2D eigenvalue weighted by atomic mass is 32.2. The second kappa shape index (κ2) is 10.6. The maximum absolute atomic E-state index is 12.7. The summed E-state index contributed by atoms with van der Waals surface area (Å²) >= 11 is 0. The van der Waals surface area contributed by atoms with Crippen LogP contribution in [-0.4, -0.2) is 36.3 Å². The van der Waals surface area contributed by atoms with Gasteiger partial charge >= 0.3 is 5.97 Å². The zero-order chi connectivity index (χ0) is 25.0. The summed E-state index contributed by atoms with van der Waals surface area (Å²) in [5.74, 6) is 1.23. The highest BCUT2D eigenvalue weighted by Gasteiger charge is 2.60. The summed E-state index contributed by atoms with van der Waals surface area (Å²) in [4.78, 5) is 16.9. The van der Waals surface area contributed by atoms with Crippen LogP contribution in [0, 0.1) is 11.8 Å². The molecule has 0 spiro atoms. The Balaban J connectivity index is 1.70. The van der Waals surface area contributed by atoms with Gasteiger partial charge in [0.2, 0.25) is 15.9 Å². The van der Waals surface area contributed by atoms with Crippen LogP contribution in [0.3, 0.4) is 0 Å². The molecule has 34 heavy (non-hydrogen) atoms. The predicted molar refractivity (Wildman–Crippen MR) is 126 cm³/mol. The molecule has 2 saturated carbocycles. The Hall–Kier alpha value is -2.27. The number of hydrogen-bond donors (Lipinski definition) is 3. The molecule has 2 atom stereocenters. The minimum absolute atomic E-state index is 0.162. The molecule has 1 aromatic rings. The number of aromatic nitrogens is 2. The van der Waals surface area contributed by atoms with Crippen molar-refractivity contribution in [2.24, 2.45) is 17.6 Å². The van der Waals surface area contributed by atoms with Crippen LogP contribution < -0.4 is 15.9 Å². The van der Waals surface area contributed by atoms with Crippen LogP contribution in [-0.2, 0) is 31.5 Å². The summed E-state index contributed by atoms with van der Waals surface area (Å²) in [6, 6.07) is 0. The van der Waals surface area contributed by atoms with Gasteiger partial charge < -0.3 is 15.0 Å². The lowest BCUT2D eigenvalue weighted by molar-refractivity contribution is -0.155. The van der Waals surface area contributed by atoms with E-state index in [-0.39, 0.29) is 35.6 Å². The van der Waals surface area contributed by atoms with Gasteiger partial charge in [-0.2, -0.15) is 4.98 Å². The molecule has 0 saturated heterocycles. The lowest BCUT2D eigenvalue weighted by Gasteiger charge is -2.23. The molecule has 2 fully saturated rings. The lowest BCUT2D eigenvalue weighted by atomic mass is 9.84. The van der Waals surface area contributed by atoms with E-state index in [4.69, 9.17) is 20.4 Å². The van der Waals surface area contributed by atoms with Crippen molar-refractivity contribution in [2.45, 2.75) is 96.1 Å². The summed E-state index contributed by atoms with van der Waals surface area (Å²) < 4.78 is 37.9. The molecule has 1 heterocycles. The third-order valence-corrected chi connectivity index (χ3v) is 8.13. The van der Waals surface area contributed by atoms with E-state index in [9.17, 15) is 13.2 Å². The first-order valence-corrected chi connectivity index (χ1v) is 13.5. The van der Waals surface area contributed by atoms with Gasteiger partial charge in [0.25, 0.3) is 0 Å². The molecule has 2 unspecified atom stereocenters. The third kappa shape index (κ3) is 6.65. The third-order valence-electron chi connectivity index (χ3n) is 6.71. The monoisotopic (exact) mass is 496 g/mol. The number of carbonyl (C=O) groups is 1. The normalized spacial score (nSPS) is 24.1. The molecular formula is C23H38N5O5S+. The minimum Gasteiger partial charge on any atom is -0.460 e. The number of esters is 1. The molecule has 11 heteroatoms. The molecule has 3 rings (SSSR count). The fourth-order valence-corrected chi connectivity index (χ4v) is 5.71. The largest absolute Gasteiger partial charge is 0.460 e. The summed E-state index contributed by atoms with van der Waals surface area (Å²) in [6.07, 6.45) is 11.3. The molecule has 0 aromatic carbocycles. The van der Waals surface area contributed by atoms with E-state index in [1.54, 1.807) is 0 Å². The van der Waals surface area contributed by atoms with Crippen LogP contribution in [0.4, 0.5) is 0 Å². The number of rotatable bonds is 11. The topological polar surface area (TPSA) is 163 Å². The Morgan fingerprint density at radius 2 is 2.00 bits per heavy atom. The fourth-order valence-electron chi connectivity index (χ4n) is 4.87. The Bertz CT molecular complexity index is 1010. The summed E-state index contributed by atoms with van der Waals surface area (Å²) in [5, 5.41) is 9.25. The molecule has 1 aromatic heterocycles. The van der Waals surface area contributed by atoms with Crippen molar-refractivity contribution >= 4 is 22.2 Å². The van der Waals surface area contributed by atoms with Crippen LogP contribution in [0.5, 0.6) is 0 Å². The van der Waals surface area contributed by atoms with Crippen molar-refractivity contribution in [2.75, 3.05) is 0 Å². The zero-order valence-electron chi connectivity index (χ0n) is 20.4. The molecule has 0 amide bonds. The van der Waals surface area contributed by atoms with Crippen LogP contribution in [0.1, 0.15) is 90.3 Å². The number of ether oxygens (including phenoxy) is 1. The number of nitrogens with zero attached hydrogens (tertiary/aromatic N) is 2. The quantitative estimate of drug-likeness (QED) is 0.306. The van der Waals surface area contributed by atoms with E-state index in [0.717, 1.165) is 37.6 Å². The summed E-state index contributed by atoms with van der Waals surface area (Å²) in [5.41, 5.74) is 4.16. The van der Waals surface area contributed by atoms with E-state index in [1.807, 2.05) is 20.8 Å². The maximum atomic E-state index is 12.7. The first kappa shape index (κ1) is 26.3. The van der Waals surface area contributed by atoms with Gasteiger partial charge in [-0.25, -0.2) is 13.1 Å². The van der Waals surface area contributed by atoms with Gasteiger partial charge in [0.05, 0.1) is 18.4 Å². The van der Waals surface area contributed by atoms with E-state index < -0.39 is 21.0 Å². The van der Waals surface area contributed by atoms with E-state index in [0.29, 0.717) is 5.89 Å². The predicted octanol–water partition coefficient (Wildman–Crippen LogP) is 1.47. The van der Waals surface area contributed by atoms with Gasteiger partial charge in [-0.1, -0.05) is 43.7 Å². The molecular weight excluding hydrogens is 458 g/mol. The number of nitrogens with one attached hydrogen (secondary N) is 1. The van der Waals surface area contributed by atoms with Gasteiger partial charge in [-0.05, 0) is 45.4 Å². The molecule has 0 bridgehead atoms. The average molecular weight is 497 g/mol. The zero-order valence-corrected chi connectivity index (χ0v) is 21.2. The Labute approximate surface area is 201 Å². The first-order chi connectivity index (χ1) is 16.0. The second-order valence-electron chi connectivity index (χ2n) is 10.5. The van der Waals surface area contributed by atoms with E-state index in [2.05, 4.69) is 14.9 Å². The van der Waals surface area contributed by atoms with Crippen molar-refractivity contribution in [1.82, 2.24) is 14.9 Å². The fraction of sp³-hybridized carbons (Fsp3) is 0.739. The molecule has 190 valence electrons. The van der Waals surface area contributed by atoms with Crippen molar-refractivity contribution in [3.05, 3.63) is 22.8 Å². The second-order valence-corrected chi connectivity index (χ2v) is 12.2. The Morgan fingerprint density at radius 3 is 2.62 bits per heavy atom. The number of nitrogens with two attached hydrogens (primary N) is 2. The number of carbonyl (C=O) groups excluding carboxylic acids is 1. The van der Waals surface area contributed by atoms with Crippen molar-refractivity contribution in [3.63, 3.8) is 0 Å². The molecule has 2 aliphatic carbocycles. The standard InChI is InChI=1S/C23H37N5O5S/c1-22(2,3)32-20(29)12-23(11-17(23)10-9-16-7-5-4-6-8-16)21-27-19(28-33-21)15-26-34(30,31)18(13-24)14-25/h13-14,16-17,24,26H,4-12,15,25H2,1-3H3/p+1. The smallest absolute Gasteiger partial charge is 0.307 e. The highest BCUT2D eigenvalue weighted by molar-refractivity contribution is 7.94. The van der Waals surface area contributed by atoms with Gasteiger partial charge in [0.1, 0.15) is 5.60 Å². The first-order valence-electron chi connectivity index (χ1n) is 12.0. The van der Waals surface area contributed by atoms with Crippen LogP contribution in [0.2, 0.25) is 0 Å². The minimum atomic E-state index is -3.89. The molecule has 5 N–H and O–H groups in total. The van der Waals surface area contributed by atoms with Gasteiger partial charge in [0, 0.05) is 6.20 Å². The van der Waals surface area contributed by atoms with Gasteiger partial charge in [-0.3, -0.25) is 10.2 Å². The Morgan fingerprint density at radius 1 is 1.29 bits per heavy atom. The maximum Gasteiger partial charge on any atom is 0.307 e. The van der Waals surface area contributed by atoms with Crippen molar-refractivity contribution in [3.8, 4) is 0 Å². The highest BCUT2D eigenvalue weighted by Crippen LogP contribution is 2.59. The number of allylic oxidation sites excluding steroid dienone is 1. The van der Waals surface area contributed by atoms with Crippen LogP contribution in [0.15, 0.2) is 15.6 Å². The van der Waals surface area contributed by atoms with Gasteiger partial charge in [0.15, 0.2) is 16.9 Å². The van der Waals surface area contributed by atoms with E-state index >= 15 is 0 Å². The molecule has 0 aliphatic heterocycles. The molecule has 2 aliphatic rings. The molecule has 10 nitrogen and oxygen atoms in total. The van der Waals surface area contributed by atoms with Crippen LogP contribution >= 0.6 is 0 Å². The van der Waals surface area contributed by atoms with Gasteiger partial charge in [-0.15, -0.1) is 0 Å². The SMILES string of the molecule is CC(C)(C)OC(=O)CC1(c2nc(CNS(=O)(=O)C(C=[NH2+])=CN)no2)CC1CCC1CCCCC1. The average Bonchev–Trinajstić information content (AvgIpc) is 3.23.